The highest BCUT2D eigenvalue weighted by Gasteiger charge is 2.16. The van der Waals surface area contributed by atoms with Gasteiger partial charge in [0.15, 0.2) is 0 Å². The molecule has 1 heteroatoms. The van der Waals surface area contributed by atoms with Crippen LogP contribution in [0.2, 0.25) is 0 Å². The zero-order valence-corrected chi connectivity index (χ0v) is 31.1. The largest absolute Gasteiger partial charge is 0.309 e. The molecule has 0 unspecified atom stereocenters. The summed E-state index contributed by atoms with van der Waals surface area (Å²) in [7, 11) is 0. The maximum absolute atomic E-state index is 2.38. The minimum atomic E-state index is 1.10. The minimum Gasteiger partial charge on any atom is -0.309 e. The van der Waals surface area contributed by atoms with Crippen LogP contribution in [0.1, 0.15) is 80.4 Å². The third-order valence-electron chi connectivity index (χ3n) is 7.52. The van der Waals surface area contributed by atoms with E-state index < -0.39 is 0 Å². The van der Waals surface area contributed by atoms with E-state index in [4.69, 9.17) is 0 Å². The average molecular weight is 636 g/mol. The molecule has 1 aliphatic carbocycles. The van der Waals surface area contributed by atoms with Crippen LogP contribution < -0.4 is 0 Å². The van der Waals surface area contributed by atoms with Crippen molar-refractivity contribution in [3.63, 3.8) is 0 Å². The summed E-state index contributed by atoms with van der Waals surface area (Å²) >= 11 is 0. The lowest BCUT2D eigenvalue weighted by Gasteiger charge is -2.13. The van der Waals surface area contributed by atoms with Gasteiger partial charge < -0.3 is 4.57 Å². The van der Waals surface area contributed by atoms with Crippen molar-refractivity contribution in [1.29, 1.82) is 0 Å². The maximum Gasteiger partial charge on any atom is 0.0541 e. The summed E-state index contributed by atoms with van der Waals surface area (Å²) in [5.74, 6) is 0. The molecule has 0 atom stereocenters. The Morgan fingerprint density at radius 2 is 0.688 bits per heavy atom. The predicted molar refractivity (Wildman–Crippen MR) is 218 cm³/mol. The molecule has 0 spiro atoms. The zero-order valence-electron chi connectivity index (χ0n) is 31.1. The second-order valence-electron chi connectivity index (χ2n) is 9.74. The van der Waals surface area contributed by atoms with E-state index in [1.165, 1.54) is 60.9 Å². The first-order valence-electron chi connectivity index (χ1n) is 18.2. The first kappa shape index (κ1) is 39.3. The van der Waals surface area contributed by atoms with Gasteiger partial charge in [0.2, 0.25) is 0 Å². The Morgan fingerprint density at radius 3 is 1.17 bits per heavy atom. The fourth-order valence-electron chi connectivity index (χ4n) is 5.79. The van der Waals surface area contributed by atoms with Crippen molar-refractivity contribution in [3.05, 3.63) is 163 Å². The van der Waals surface area contributed by atoms with Crippen molar-refractivity contribution in [2.45, 2.75) is 75.7 Å². The van der Waals surface area contributed by atoms with Gasteiger partial charge in [-0.2, -0.15) is 0 Å². The highest BCUT2D eigenvalue weighted by atomic mass is 15.0. The average Bonchev–Trinajstić information content (AvgIpc) is 3.75. The Labute approximate surface area is 291 Å². The highest BCUT2D eigenvalue weighted by Crippen LogP contribution is 2.37. The molecule has 1 nitrogen and oxygen atoms in total. The molecule has 0 radical (unpaired) electrons. The number of benzene rings is 6. The van der Waals surface area contributed by atoms with Gasteiger partial charge in [-0.15, -0.1) is 0 Å². The molecule has 1 heterocycles. The number of aromatic nitrogens is 1. The van der Waals surface area contributed by atoms with Crippen LogP contribution in [0, 0.1) is 0 Å². The van der Waals surface area contributed by atoms with E-state index >= 15 is 0 Å². The Balaban J connectivity index is 0.000000294. The molecule has 48 heavy (non-hydrogen) atoms. The number of para-hydroxylation sites is 3. The molecule has 0 aliphatic heterocycles. The monoisotopic (exact) mass is 635 g/mol. The van der Waals surface area contributed by atoms with Crippen LogP contribution in [0.15, 0.2) is 152 Å². The van der Waals surface area contributed by atoms with Gasteiger partial charge in [-0.1, -0.05) is 203 Å². The predicted octanol–water partition coefficient (Wildman–Crippen LogP) is 14.8. The van der Waals surface area contributed by atoms with Crippen molar-refractivity contribution in [2.75, 3.05) is 0 Å². The van der Waals surface area contributed by atoms with Crippen molar-refractivity contribution in [2.24, 2.45) is 0 Å². The van der Waals surface area contributed by atoms with Crippen molar-refractivity contribution >= 4 is 21.8 Å². The normalized spacial score (nSPS) is 9.79. The van der Waals surface area contributed by atoms with Crippen molar-refractivity contribution < 1.29 is 0 Å². The van der Waals surface area contributed by atoms with E-state index in [2.05, 4.69) is 156 Å². The summed E-state index contributed by atoms with van der Waals surface area (Å²) in [4.78, 5) is 0. The molecule has 0 fully saturated rings. The van der Waals surface area contributed by atoms with Crippen LogP contribution in [0.25, 0.3) is 49.7 Å². The number of fused-ring (bicyclic) bond motifs is 6. The SMILES string of the molecule is CC.CC.CC.CC.CC.c1ccc(-c2ccccc2-n2c3ccccc3c3ccccc32)cc1.c1ccc2c(c1)Cc1ccccc1-2. The van der Waals surface area contributed by atoms with Gasteiger partial charge in [-0.3, -0.25) is 0 Å². The third-order valence-corrected chi connectivity index (χ3v) is 7.52. The van der Waals surface area contributed by atoms with E-state index in [1.54, 1.807) is 0 Å². The van der Waals surface area contributed by atoms with Crippen molar-refractivity contribution in [3.8, 4) is 27.9 Å². The molecule has 250 valence electrons. The second-order valence-corrected chi connectivity index (χ2v) is 9.74. The molecular weight excluding hydrogens is 579 g/mol. The number of hydrogen-bond acceptors (Lipinski definition) is 0. The standard InChI is InChI=1S/C24H17N.C13H10.5C2H6/c1-2-10-18(11-3-1)19-12-4-7-15-22(19)25-23-16-8-5-13-20(23)21-14-6-9-17-24(21)25;1-3-7-12-10(5-1)9-11-6-2-4-8-13(11)12;5*1-2/h1-17H;1-8H,9H2;5*1-2H3. The summed E-state index contributed by atoms with van der Waals surface area (Å²) in [5, 5.41) is 2.59. The summed E-state index contributed by atoms with van der Waals surface area (Å²) in [5.41, 5.74) is 11.9. The lowest BCUT2D eigenvalue weighted by Crippen LogP contribution is -1.96. The lowest BCUT2D eigenvalue weighted by molar-refractivity contribution is 1.18. The van der Waals surface area contributed by atoms with Gasteiger partial charge in [0.25, 0.3) is 0 Å². The van der Waals surface area contributed by atoms with Gasteiger partial charge >= 0.3 is 0 Å². The van der Waals surface area contributed by atoms with Gasteiger partial charge in [0, 0.05) is 16.3 Å². The van der Waals surface area contributed by atoms with E-state index in [1.807, 2.05) is 69.2 Å². The van der Waals surface area contributed by atoms with E-state index in [0.717, 1.165) is 6.42 Å². The van der Waals surface area contributed by atoms with Crippen LogP contribution >= 0.6 is 0 Å². The summed E-state index contributed by atoms with van der Waals surface area (Å²) < 4.78 is 2.38. The molecule has 1 aromatic heterocycles. The van der Waals surface area contributed by atoms with Crippen LogP contribution in [0.4, 0.5) is 0 Å². The Morgan fingerprint density at radius 1 is 0.333 bits per heavy atom. The maximum atomic E-state index is 2.38. The van der Waals surface area contributed by atoms with E-state index in [-0.39, 0.29) is 0 Å². The number of rotatable bonds is 2. The molecule has 1 aliphatic rings. The molecule has 0 N–H and O–H groups in total. The zero-order chi connectivity index (χ0) is 35.3. The second kappa shape index (κ2) is 21.8. The minimum absolute atomic E-state index is 1.10. The van der Waals surface area contributed by atoms with Crippen LogP contribution in [-0.2, 0) is 6.42 Å². The molecule has 0 saturated heterocycles. The molecule has 7 aromatic rings. The van der Waals surface area contributed by atoms with Gasteiger partial charge in [0.05, 0.1) is 16.7 Å². The van der Waals surface area contributed by atoms with Crippen LogP contribution in [0.3, 0.4) is 0 Å². The van der Waals surface area contributed by atoms with Gasteiger partial charge in [-0.05, 0) is 52.4 Å². The Kier molecular flexibility index (Phi) is 17.9. The smallest absolute Gasteiger partial charge is 0.0541 e. The van der Waals surface area contributed by atoms with Crippen LogP contribution in [-0.4, -0.2) is 4.57 Å². The molecular formula is C47H57N. The van der Waals surface area contributed by atoms with Gasteiger partial charge in [0.1, 0.15) is 0 Å². The summed E-state index contributed by atoms with van der Waals surface area (Å²) in [6, 6.07) is 53.8. The number of hydrogen-bond donors (Lipinski definition) is 0. The third kappa shape index (κ3) is 8.92. The molecule has 8 rings (SSSR count). The Hall–Kier alpha value is -4.88. The molecule has 0 bridgehead atoms. The Bertz CT molecular complexity index is 1800. The summed E-state index contributed by atoms with van der Waals surface area (Å²) in [6.45, 7) is 20.0. The molecule has 6 aromatic carbocycles. The highest BCUT2D eigenvalue weighted by molar-refractivity contribution is 6.09. The molecule has 0 amide bonds. The van der Waals surface area contributed by atoms with Gasteiger partial charge in [-0.25, -0.2) is 0 Å². The van der Waals surface area contributed by atoms with E-state index in [9.17, 15) is 0 Å². The topological polar surface area (TPSA) is 4.93 Å². The first-order chi connectivity index (χ1) is 23.9. The lowest BCUT2D eigenvalue weighted by atomic mass is 10.0. The van der Waals surface area contributed by atoms with Crippen LogP contribution in [0.5, 0.6) is 0 Å². The molecule has 0 saturated carbocycles. The van der Waals surface area contributed by atoms with E-state index in [0.29, 0.717) is 0 Å². The fourth-order valence-corrected chi connectivity index (χ4v) is 5.79. The number of nitrogens with zero attached hydrogens (tertiary/aromatic N) is 1. The quantitative estimate of drug-likeness (QED) is 0.178. The fraction of sp³-hybridized carbons (Fsp3) is 0.234. The summed E-state index contributed by atoms with van der Waals surface area (Å²) in [6.07, 6.45) is 1.10. The van der Waals surface area contributed by atoms with Crippen molar-refractivity contribution in [1.82, 2.24) is 4.57 Å². The first-order valence-corrected chi connectivity index (χ1v) is 18.2.